The lowest BCUT2D eigenvalue weighted by atomic mass is 9.94. The van der Waals surface area contributed by atoms with Gasteiger partial charge in [-0.15, -0.1) is 0 Å². The number of hydrogen-bond acceptors (Lipinski definition) is 4. The summed E-state index contributed by atoms with van der Waals surface area (Å²) in [5.41, 5.74) is 4.80. The summed E-state index contributed by atoms with van der Waals surface area (Å²) in [4.78, 5) is 11.6. The number of benzene rings is 1. The molecule has 1 saturated heterocycles. The molecule has 2 aliphatic rings. The van der Waals surface area contributed by atoms with Crippen molar-refractivity contribution in [3.8, 4) is 0 Å². The minimum Gasteiger partial charge on any atom is -0.378 e. The number of hydrogen-bond donors (Lipinski definition) is 0. The Labute approximate surface area is 130 Å². The molecule has 0 amide bonds. The van der Waals surface area contributed by atoms with Gasteiger partial charge in [0.2, 0.25) is 0 Å². The second-order valence-electron chi connectivity index (χ2n) is 5.64. The molecule has 2 aromatic rings. The van der Waals surface area contributed by atoms with Crippen molar-refractivity contribution in [1.82, 2.24) is 4.98 Å². The number of pyridine rings is 1. The third kappa shape index (κ3) is 2.50. The first-order valence-electron chi connectivity index (χ1n) is 7.84. The molecule has 4 heteroatoms. The van der Waals surface area contributed by atoms with Crippen molar-refractivity contribution in [2.45, 2.75) is 6.42 Å². The summed E-state index contributed by atoms with van der Waals surface area (Å²) in [7, 11) is 0. The van der Waals surface area contributed by atoms with Crippen LogP contribution in [0.4, 0.5) is 5.82 Å². The van der Waals surface area contributed by atoms with Gasteiger partial charge in [-0.05, 0) is 24.1 Å². The van der Waals surface area contributed by atoms with Crippen LogP contribution in [0.15, 0.2) is 47.6 Å². The molecule has 2 aliphatic heterocycles. The fourth-order valence-electron chi connectivity index (χ4n) is 3.10. The van der Waals surface area contributed by atoms with Crippen LogP contribution in [0.25, 0.3) is 0 Å². The van der Waals surface area contributed by atoms with Crippen LogP contribution < -0.4 is 4.90 Å². The van der Waals surface area contributed by atoms with Crippen molar-refractivity contribution in [3.05, 3.63) is 59.3 Å². The second kappa shape index (κ2) is 5.89. The third-order valence-electron chi connectivity index (χ3n) is 4.28. The molecule has 1 aromatic carbocycles. The zero-order chi connectivity index (χ0) is 14.8. The van der Waals surface area contributed by atoms with Gasteiger partial charge in [-0.2, -0.15) is 0 Å². The van der Waals surface area contributed by atoms with Crippen LogP contribution in [-0.4, -0.2) is 43.5 Å². The molecule has 1 fully saturated rings. The molecule has 0 atom stereocenters. The lowest BCUT2D eigenvalue weighted by Gasteiger charge is -2.28. The summed E-state index contributed by atoms with van der Waals surface area (Å²) in [5.74, 6) is 1.02. The number of aliphatic imine (C=N–C) groups is 1. The zero-order valence-corrected chi connectivity index (χ0v) is 12.5. The topological polar surface area (TPSA) is 37.7 Å². The van der Waals surface area contributed by atoms with E-state index in [0.717, 1.165) is 56.4 Å². The Bertz CT molecular complexity index is 688. The maximum absolute atomic E-state index is 5.39. The molecule has 0 radical (unpaired) electrons. The highest BCUT2D eigenvalue weighted by atomic mass is 16.5. The number of aromatic nitrogens is 1. The Kier molecular flexibility index (Phi) is 3.60. The molecule has 1 aromatic heterocycles. The number of rotatable bonds is 2. The fraction of sp³-hybridized carbons (Fsp3) is 0.333. The maximum Gasteiger partial charge on any atom is 0.128 e. The van der Waals surface area contributed by atoms with Crippen molar-refractivity contribution in [3.63, 3.8) is 0 Å². The molecule has 22 heavy (non-hydrogen) atoms. The van der Waals surface area contributed by atoms with E-state index in [2.05, 4.69) is 46.3 Å². The molecule has 0 N–H and O–H groups in total. The Balaban J connectivity index is 1.62. The molecule has 0 saturated carbocycles. The molecular weight excluding hydrogens is 274 g/mol. The van der Waals surface area contributed by atoms with Gasteiger partial charge in [-0.1, -0.05) is 24.3 Å². The molecule has 0 unspecified atom stereocenters. The molecule has 4 rings (SSSR count). The van der Waals surface area contributed by atoms with Crippen LogP contribution in [0.5, 0.6) is 0 Å². The number of nitrogens with zero attached hydrogens (tertiary/aromatic N) is 3. The van der Waals surface area contributed by atoms with Gasteiger partial charge >= 0.3 is 0 Å². The molecule has 0 bridgehead atoms. The van der Waals surface area contributed by atoms with E-state index in [-0.39, 0.29) is 0 Å². The molecule has 0 aliphatic carbocycles. The highest BCUT2D eigenvalue weighted by Gasteiger charge is 2.17. The average molecular weight is 293 g/mol. The second-order valence-corrected chi connectivity index (χ2v) is 5.64. The largest absolute Gasteiger partial charge is 0.378 e. The van der Waals surface area contributed by atoms with Crippen LogP contribution in [0.2, 0.25) is 0 Å². The smallest absolute Gasteiger partial charge is 0.128 e. The quantitative estimate of drug-likeness (QED) is 0.853. The van der Waals surface area contributed by atoms with Gasteiger partial charge in [-0.3, -0.25) is 4.99 Å². The first-order chi connectivity index (χ1) is 10.9. The SMILES string of the molecule is c1ccc2c(c1)CCN=C2c1ccc(N2CCOCC2)nc1. The molecule has 4 nitrogen and oxygen atoms in total. The third-order valence-corrected chi connectivity index (χ3v) is 4.28. The maximum atomic E-state index is 5.39. The van der Waals surface area contributed by atoms with E-state index in [4.69, 9.17) is 9.73 Å². The molecule has 112 valence electrons. The monoisotopic (exact) mass is 293 g/mol. The number of ether oxygens (including phenoxy) is 1. The highest BCUT2D eigenvalue weighted by Crippen LogP contribution is 2.21. The van der Waals surface area contributed by atoms with Crippen LogP contribution >= 0.6 is 0 Å². The van der Waals surface area contributed by atoms with E-state index >= 15 is 0 Å². The minimum atomic E-state index is 0.781. The predicted molar refractivity (Wildman–Crippen MR) is 87.9 cm³/mol. The van der Waals surface area contributed by atoms with Crippen LogP contribution in [0, 0.1) is 0 Å². The highest BCUT2D eigenvalue weighted by molar-refractivity contribution is 6.14. The average Bonchev–Trinajstić information content (AvgIpc) is 2.62. The number of fused-ring (bicyclic) bond motifs is 1. The Morgan fingerprint density at radius 3 is 2.68 bits per heavy atom. The summed E-state index contributed by atoms with van der Waals surface area (Å²) < 4.78 is 5.39. The van der Waals surface area contributed by atoms with E-state index < -0.39 is 0 Å². The van der Waals surface area contributed by atoms with E-state index in [0.29, 0.717) is 0 Å². The van der Waals surface area contributed by atoms with Crippen molar-refractivity contribution in [2.24, 2.45) is 4.99 Å². The lowest BCUT2D eigenvalue weighted by Crippen LogP contribution is -2.36. The van der Waals surface area contributed by atoms with Crippen molar-refractivity contribution in [1.29, 1.82) is 0 Å². The van der Waals surface area contributed by atoms with Gasteiger partial charge in [0.05, 0.1) is 18.9 Å². The summed E-state index contributed by atoms with van der Waals surface area (Å²) in [6.45, 7) is 4.25. The predicted octanol–water partition coefficient (Wildman–Crippen LogP) is 2.31. The van der Waals surface area contributed by atoms with Crippen LogP contribution in [-0.2, 0) is 11.2 Å². The van der Waals surface area contributed by atoms with Crippen molar-refractivity contribution >= 4 is 11.5 Å². The van der Waals surface area contributed by atoms with Crippen LogP contribution in [0.1, 0.15) is 16.7 Å². The van der Waals surface area contributed by atoms with Crippen LogP contribution in [0.3, 0.4) is 0 Å². The fourth-order valence-corrected chi connectivity index (χ4v) is 3.10. The van der Waals surface area contributed by atoms with Gasteiger partial charge in [0.15, 0.2) is 0 Å². The minimum absolute atomic E-state index is 0.781. The summed E-state index contributed by atoms with van der Waals surface area (Å²) in [6, 6.07) is 12.8. The van der Waals surface area contributed by atoms with E-state index in [9.17, 15) is 0 Å². The lowest BCUT2D eigenvalue weighted by molar-refractivity contribution is 0.122. The Morgan fingerprint density at radius 2 is 1.86 bits per heavy atom. The van der Waals surface area contributed by atoms with E-state index in [1.54, 1.807) is 0 Å². The van der Waals surface area contributed by atoms with Crippen molar-refractivity contribution in [2.75, 3.05) is 37.7 Å². The molecular formula is C18H19N3O. The normalized spacial score (nSPS) is 17.8. The standard InChI is InChI=1S/C18H19N3O/c1-2-4-16-14(3-1)7-8-19-18(16)15-5-6-17(20-13-15)21-9-11-22-12-10-21/h1-6,13H,7-12H2. The Morgan fingerprint density at radius 1 is 1.00 bits per heavy atom. The first-order valence-corrected chi connectivity index (χ1v) is 7.84. The van der Waals surface area contributed by atoms with Gasteiger partial charge in [0.1, 0.15) is 5.82 Å². The zero-order valence-electron chi connectivity index (χ0n) is 12.5. The van der Waals surface area contributed by atoms with E-state index in [1.165, 1.54) is 11.1 Å². The Hall–Kier alpha value is -2.20. The summed E-state index contributed by atoms with van der Waals surface area (Å²) in [5, 5.41) is 0. The van der Waals surface area contributed by atoms with Gasteiger partial charge < -0.3 is 9.64 Å². The summed E-state index contributed by atoms with van der Waals surface area (Å²) in [6.07, 6.45) is 2.98. The first kappa shape index (κ1) is 13.5. The van der Waals surface area contributed by atoms with Crippen molar-refractivity contribution < 1.29 is 4.74 Å². The summed E-state index contributed by atoms with van der Waals surface area (Å²) >= 11 is 0. The van der Waals surface area contributed by atoms with Gasteiger partial charge in [0, 0.05) is 37.0 Å². The number of morpholine rings is 1. The van der Waals surface area contributed by atoms with Gasteiger partial charge in [-0.25, -0.2) is 4.98 Å². The molecule has 3 heterocycles. The number of anilines is 1. The van der Waals surface area contributed by atoms with Gasteiger partial charge in [0.25, 0.3) is 0 Å². The van der Waals surface area contributed by atoms with E-state index in [1.807, 2.05) is 6.20 Å². The molecule has 0 spiro atoms.